The smallest absolute Gasteiger partial charge is 0.322 e. The maximum absolute atomic E-state index is 11.8. The largest absolute Gasteiger partial charge is 0.480 e. The van der Waals surface area contributed by atoms with Crippen molar-refractivity contribution < 1.29 is 24.3 Å². The third-order valence-corrected chi connectivity index (χ3v) is 3.06. The van der Waals surface area contributed by atoms with E-state index in [4.69, 9.17) is 16.6 Å². The van der Waals surface area contributed by atoms with Crippen molar-refractivity contribution in [3.05, 3.63) is 0 Å². The van der Waals surface area contributed by atoms with Crippen LogP contribution in [0.4, 0.5) is 0 Å². The zero-order valence-electron chi connectivity index (χ0n) is 11.6. The number of aliphatic carboxylic acids is 1. The Morgan fingerprint density at radius 2 is 1.86 bits per heavy atom. The molecular weight excluding hydrogens is 300 g/mol. The van der Waals surface area contributed by atoms with Gasteiger partial charge < -0.3 is 27.2 Å². The third kappa shape index (κ3) is 8.87. The van der Waals surface area contributed by atoms with Crippen molar-refractivity contribution >= 4 is 35.5 Å². The summed E-state index contributed by atoms with van der Waals surface area (Å²) in [6.07, 6.45) is 1.80. The average molecular weight is 320 g/mol. The predicted octanol–water partition coefficient (Wildman–Crippen LogP) is -2.37. The topological polar surface area (TPSA) is 165 Å². The molecule has 0 rings (SSSR count). The highest BCUT2D eigenvalue weighted by molar-refractivity contribution is 7.98. The second-order valence-electron chi connectivity index (χ2n) is 4.23. The van der Waals surface area contributed by atoms with E-state index in [1.54, 1.807) is 0 Å². The van der Waals surface area contributed by atoms with Crippen LogP contribution in [0.2, 0.25) is 0 Å². The molecule has 0 heterocycles. The van der Waals surface area contributed by atoms with Crippen LogP contribution in [0.25, 0.3) is 0 Å². The number of amides is 3. The van der Waals surface area contributed by atoms with E-state index in [0.29, 0.717) is 12.2 Å². The Morgan fingerprint density at radius 3 is 2.33 bits per heavy atom. The van der Waals surface area contributed by atoms with Crippen LogP contribution in [-0.2, 0) is 19.2 Å². The summed E-state index contributed by atoms with van der Waals surface area (Å²) in [5.41, 5.74) is 10.4. The number of hydrogen-bond donors (Lipinski definition) is 5. The van der Waals surface area contributed by atoms with Gasteiger partial charge in [0.15, 0.2) is 0 Å². The molecule has 3 amide bonds. The highest BCUT2D eigenvalue weighted by atomic mass is 32.2. The normalized spacial score (nSPS) is 13.0. The van der Waals surface area contributed by atoms with Gasteiger partial charge in [0.05, 0.1) is 12.5 Å². The van der Waals surface area contributed by atoms with Crippen molar-refractivity contribution in [1.82, 2.24) is 10.6 Å². The SMILES string of the molecule is CSCCC(NC(=O)C(N)CC(N)=O)C(=O)NCC(=O)O. The van der Waals surface area contributed by atoms with E-state index in [1.807, 2.05) is 6.26 Å². The van der Waals surface area contributed by atoms with Gasteiger partial charge in [-0.3, -0.25) is 19.2 Å². The number of nitrogens with two attached hydrogens (primary N) is 2. The minimum atomic E-state index is -1.19. The summed E-state index contributed by atoms with van der Waals surface area (Å²) in [5.74, 6) is -2.65. The number of thioether (sulfide) groups is 1. The molecule has 120 valence electrons. The lowest BCUT2D eigenvalue weighted by atomic mass is 10.1. The van der Waals surface area contributed by atoms with E-state index >= 15 is 0 Å². The second kappa shape index (κ2) is 10.00. The quantitative estimate of drug-likeness (QED) is 0.300. The first-order chi connectivity index (χ1) is 9.77. The summed E-state index contributed by atoms with van der Waals surface area (Å²) < 4.78 is 0. The molecule has 7 N–H and O–H groups in total. The first-order valence-electron chi connectivity index (χ1n) is 6.10. The molecule has 2 unspecified atom stereocenters. The van der Waals surface area contributed by atoms with E-state index in [2.05, 4.69) is 10.6 Å². The molecule has 0 aliphatic rings. The summed E-state index contributed by atoms with van der Waals surface area (Å²) in [4.78, 5) is 44.7. The van der Waals surface area contributed by atoms with Crippen molar-refractivity contribution in [3.63, 3.8) is 0 Å². The van der Waals surface area contributed by atoms with Crippen LogP contribution in [0.3, 0.4) is 0 Å². The average Bonchev–Trinajstić information content (AvgIpc) is 2.39. The maximum atomic E-state index is 11.8. The molecule has 9 nitrogen and oxygen atoms in total. The molecule has 0 aromatic rings. The number of carbonyl (C=O) groups excluding carboxylic acids is 3. The van der Waals surface area contributed by atoms with Gasteiger partial charge in [-0.05, 0) is 18.4 Å². The number of rotatable bonds is 10. The van der Waals surface area contributed by atoms with Gasteiger partial charge in [0.2, 0.25) is 17.7 Å². The molecule has 0 aromatic heterocycles. The van der Waals surface area contributed by atoms with Gasteiger partial charge in [0.1, 0.15) is 12.6 Å². The molecule has 0 aliphatic carbocycles. The zero-order chi connectivity index (χ0) is 16.4. The Kier molecular flexibility index (Phi) is 9.13. The molecule has 0 fully saturated rings. The lowest BCUT2D eigenvalue weighted by molar-refractivity contribution is -0.138. The van der Waals surface area contributed by atoms with E-state index in [0.717, 1.165) is 0 Å². The number of hydrogen-bond acceptors (Lipinski definition) is 6. The molecule has 0 spiro atoms. The molecule has 21 heavy (non-hydrogen) atoms. The Bertz CT molecular complexity index is 404. The van der Waals surface area contributed by atoms with Crippen LogP contribution in [0.5, 0.6) is 0 Å². The Morgan fingerprint density at radius 1 is 1.24 bits per heavy atom. The second-order valence-corrected chi connectivity index (χ2v) is 5.22. The number of carbonyl (C=O) groups is 4. The third-order valence-electron chi connectivity index (χ3n) is 2.42. The number of carboxylic acid groups (broad SMARTS) is 1. The fourth-order valence-corrected chi connectivity index (χ4v) is 1.85. The number of carboxylic acids is 1. The Hall–Kier alpha value is -1.81. The van der Waals surface area contributed by atoms with Crippen molar-refractivity contribution in [2.75, 3.05) is 18.6 Å². The summed E-state index contributed by atoms with van der Waals surface area (Å²) in [6, 6.07) is -2.06. The Balaban J connectivity index is 4.59. The first kappa shape index (κ1) is 19.2. The minimum Gasteiger partial charge on any atom is -0.480 e. The first-order valence-corrected chi connectivity index (χ1v) is 7.50. The molecule has 0 saturated carbocycles. The number of primary amides is 1. The summed E-state index contributed by atoms with van der Waals surface area (Å²) >= 11 is 1.46. The minimum absolute atomic E-state index is 0.307. The lowest BCUT2D eigenvalue weighted by Gasteiger charge is -2.19. The van der Waals surface area contributed by atoms with Gasteiger partial charge >= 0.3 is 5.97 Å². The van der Waals surface area contributed by atoms with Crippen LogP contribution in [0, 0.1) is 0 Å². The van der Waals surface area contributed by atoms with Gasteiger partial charge in [-0.25, -0.2) is 0 Å². The van der Waals surface area contributed by atoms with Gasteiger partial charge in [-0.2, -0.15) is 11.8 Å². The Labute approximate surface area is 126 Å². The van der Waals surface area contributed by atoms with Crippen molar-refractivity contribution in [2.24, 2.45) is 11.5 Å². The molecular formula is C11H20N4O5S. The van der Waals surface area contributed by atoms with Crippen LogP contribution in [-0.4, -0.2) is 59.4 Å². The molecule has 0 bridgehead atoms. The molecule has 0 radical (unpaired) electrons. The fraction of sp³-hybridized carbons (Fsp3) is 0.636. The van der Waals surface area contributed by atoms with E-state index in [1.165, 1.54) is 11.8 Å². The monoisotopic (exact) mass is 320 g/mol. The summed E-state index contributed by atoms with van der Waals surface area (Å²) in [7, 11) is 0. The predicted molar refractivity (Wildman–Crippen MR) is 77.4 cm³/mol. The van der Waals surface area contributed by atoms with Crippen LogP contribution in [0.1, 0.15) is 12.8 Å². The molecule has 0 saturated heterocycles. The summed E-state index contributed by atoms with van der Waals surface area (Å²) in [6.45, 7) is -0.544. The fourth-order valence-electron chi connectivity index (χ4n) is 1.38. The van der Waals surface area contributed by atoms with Crippen LogP contribution < -0.4 is 22.1 Å². The molecule has 0 aliphatic heterocycles. The number of nitrogens with one attached hydrogen (secondary N) is 2. The van der Waals surface area contributed by atoms with Crippen LogP contribution in [0.15, 0.2) is 0 Å². The van der Waals surface area contributed by atoms with Gasteiger partial charge in [0.25, 0.3) is 0 Å². The zero-order valence-corrected chi connectivity index (χ0v) is 12.4. The van der Waals surface area contributed by atoms with Crippen molar-refractivity contribution in [3.8, 4) is 0 Å². The molecule has 0 aromatic carbocycles. The summed E-state index contributed by atoms with van der Waals surface area (Å²) in [5, 5.41) is 13.1. The van der Waals surface area contributed by atoms with E-state index < -0.39 is 42.3 Å². The highest BCUT2D eigenvalue weighted by Crippen LogP contribution is 2.02. The van der Waals surface area contributed by atoms with Crippen LogP contribution >= 0.6 is 11.8 Å². The molecule has 10 heteroatoms. The molecule has 2 atom stereocenters. The highest BCUT2D eigenvalue weighted by Gasteiger charge is 2.24. The lowest BCUT2D eigenvalue weighted by Crippen LogP contribution is -2.53. The van der Waals surface area contributed by atoms with Gasteiger partial charge in [0, 0.05) is 0 Å². The van der Waals surface area contributed by atoms with Crippen molar-refractivity contribution in [2.45, 2.75) is 24.9 Å². The standard InChI is InChI=1S/C11H20N4O5S/c1-21-3-2-7(11(20)14-5-9(17)18)15-10(19)6(12)4-8(13)16/h6-7H,2-5,12H2,1H3,(H2,13,16)(H,14,20)(H,15,19)(H,17,18). The van der Waals surface area contributed by atoms with Gasteiger partial charge in [-0.15, -0.1) is 0 Å². The van der Waals surface area contributed by atoms with Crippen molar-refractivity contribution in [1.29, 1.82) is 0 Å². The maximum Gasteiger partial charge on any atom is 0.322 e. The van der Waals surface area contributed by atoms with E-state index in [9.17, 15) is 19.2 Å². The van der Waals surface area contributed by atoms with E-state index in [-0.39, 0.29) is 6.42 Å². The van der Waals surface area contributed by atoms with Gasteiger partial charge in [-0.1, -0.05) is 0 Å².